The fourth-order valence-electron chi connectivity index (χ4n) is 2.87. The van der Waals surface area contributed by atoms with Gasteiger partial charge in [-0.15, -0.1) is 0 Å². The Kier molecular flexibility index (Phi) is 16.5. The fraction of sp³-hybridized carbons (Fsp3) is 0.889. The summed E-state index contributed by atoms with van der Waals surface area (Å²) in [4.78, 5) is 0. The van der Waals surface area contributed by atoms with Crippen molar-refractivity contribution in [1.82, 2.24) is 5.32 Å². The molecule has 0 aromatic rings. The van der Waals surface area contributed by atoms with Gasteiger partial charge in [-0.2, -0.15) is 0 Å². The predicted molar refractivity (Wildman–Crippen MR) is 113 cm³/mol. The van der Waals surface area contributed by atoms with Crippen LogP contribution in [0, 0.1) is 0 Å². The molecule has 27 heavy (non-hydrogen) atoms. The van der Waals surface area contributed by atoms with Crippen molar-refractivity contribution < 1.29 is 26.6 Å². The summed E-state index contributed by atoms with van der Waals surface area (Å²) in [5.74, 6) is 0. The quantitative estimate of drug-likeness (QED) is 0.182. The number of hydrogen-bond donors (Lipinski definition) is 1. The summed E-state index contributed by atoms with van der Waals surface area (Å²) in [6, 6.07) is 1.59. The van der Waals surface area contributed by atoms with Crippen molar-refractivity contribution >= 4 is 17.6 Å². The summed E-state index contributed by atoms with van der Waals surface area (Å²) < 4.78 is 34.9. The minimum atomic E-state index is -2.64. The third-order valence-corrected chi connectivity index (χ3v) is 9.86. The third-order valence-electron chi connectivity index (χ3n) is 3.76. The molecule has 0 aliphatic heterocycles. The van der Waals surface area contributed by atoms with Crippen molar-refractivity contribution in [3.8, 4) is 0 Å². The van der Waals surface area contributed by atoms with Gasteiger partial charge < -0.3 is 31.9 Å². The molecule has 0 unspecified atom stereocenters. The van der Waals surface area contributed by atoms with Crippen LogP contribution in [0.3, 0.4) is 0 Å². The van der Waals surface area contributed by atoms with Gasteiger partial charge in [-0.05, 0) is 60.5 Å². The lowest BCUT2D eigenvalue weighted by Gasteiger charge is -2.28. The van der Waals surface area contributed by atoms with E-state index in [9.17, 15) is 0 Å². The van der Waals surface area contributed by atoms with E-state index in [2.05, 4.69) is 11.9 Å². The highest BCUT2D eigenvalue weighted by Crippen LogP contribution is 2.19. The highest BCUT2D eigenvalue weighted by Gasteiger charge is 2.41. The van der Waals surface area contributed by atoms with Crippen molar-refractivity contribution in [2.24, 2.45) is 0 Å². The van der Waals surface area contributed by atoms with Crippen molar-refractivity contribution in [2.75, 3.05) is 46.1 Å². The van der Waals surface area contributed by atoms with Crippen LogP contribution in [0.4, 0.5) is 0 Å². The summed E-state index contributed by atoms with van der Waals surface area (Å²) in [7, 11) is -5.17. The molecule has 162 valence electrons. The minimum Gasteiger partial charge on any atom is -0.508 e. The highest BCUT2D eigenvalue weighted by molar-refractivity contribution is 6.61. The van der Waals surface area contributed by atoms with Gasteiger partial charge in [-0.25, -0.2) is 0 Å². The molecular weight excluding hydrogens is 382 g/mol. The van der Waals surface area contributed by atoms with Crippen LogP contribution in [0.1, 0.15) is 47.5 Å². The average Bonchev–Trinajstić information content (AvgIpc) is 2.62. The maximum absolute atomic E-state index is 5.88. The Balaban J connectivity index is 4.26. The molecular formula is C18H41NO6Si2. The summed E-state index contributed by atoms with van der Waals surface area (Å²) in [6.45, 7) is 18.3. The lowest BCUT2D eigenvalue weighted by molar-refractivity contribution is 0.0708. The normalized spacial score (nSPS) is 12.3. The van der Waals surface area contributed by atoms with Crippen molar-refractivity contribution in [3.63, 3.8) is 0 Å². The second kappa shape index (κ2) is 16.7. The molecule has 0 aliphatic carbocycles. The largest absolute Gasteiger partial charge is 0.565 e. The Morgan fingerprint density at radius 2 is 1.04 bits per heavy atom. The maximum Gasteiger partial charge on any atom is 0.565 e. The Labute approximate surface area is 168 Å². The summed E-state index contributed by atoms with van der Waals surface area (Å²) >= 11 is 0. The van der Waals surface area contributed by atoms with E-state index in [1.54, 1.807) is 0 Å². The van der Waals surface area contributed by atoms with Crippen LogP contribution < -0.4 is 5.32 Å². The molecule has 0 rings (SSSR count). The Bertz CT molecular complexity index is 340. The first kappa shape index (κ1) is 26.7. The molecule has 0 atom stereocenters. The molecule has 0 amide bonds. The summed E-state index contributed by atoms with van der Waals surface area (Å²) in [5, 5.41) is 3.47. The summed E-state index contributed by atoms with van der Waals surface area (Å²) in [6.07, 6.45) is 3.31. The first-order valence-electron chi connectivity index (χ1n) is 10.3. The lowest BCUT2D eigenvalue weighted by atomic mass is 10.4. The molecule has 0 saturated heterocycles. The average molecular weight is 424 g/mol. The Morgan fingerprint density at radius 3 is 1.41 bits per heavy atom. The Hall–Kier alpha value is -0.266. The second-order valence-corrected chi connectivity index (χ2v) is 11.2. The van der Waals surface area contributed by atoms with Crippen LogP contribution in [0.5, 0.6) is 0 Å². The van der Waals surface area contributed by atoms with Gasteiger partial charge in [0.2, 0.25) is 0 Å². The number of rotatable bonds is 20. The van der Waals surface area contributed by atoms with Gasteiger partial charge in [0, 0.05) is 45.1 Å². The van der Waals surface area contributed by atoms with Crippen LogP contribution in [-0.2, 0) is 26.6 Å². The maximum atomic E-state index is 5.88. The fourth-order valence-corrected chi connectivity index (χ4v) is 7.85. The zero-order valence-electron chi connectivity index (χ0n) is 18.0. The van der Waals surface area contributed by atoms with E-state index in [0.29, 0.717) is 33.0 Å². The van der Waals surface area contributed by atoms with E-state index >= 15 is 0 Å². The van der Waals surface area contributed by atoms with Gasteiger partial charge in [0.1, 0.15) is 0 Å². The van der Waals surface area contributed by atoms with Crippen molar-refractivity contribution in [1.29, 1.82) is 0 Å². The first-order chi connectivity index (χ1) is 13.1. The van der Waals surface area contributed by atoms with E-state index in [-0.39, 0.29) is 0 Å². The molecule has 0 radical (unpaired) electrons. The monoisotopic (exact) mass is 423 g/mol. The molecule has 0 heterocycles. The lowest BCUT2D eigenvalue weighted by Crippen LogP contribution is -2.46. The van der Waals surface area contributed by atoms with Gasteiger partial charge in [0.05, 0.1) is 6.26 Å². The van der Waals surface area contributed by atoms with Gasteiger partial charge in [0.25, 0.3) is 0 Å². The van der Waals surface area contributed by atoms with E-state index in [4.69, 9.17) is 26.6 Å². The second-order valence-electron chi connectivity index (χ2n) is 5.77. The molecule has 9 heteroatoms. The van der Waals surface area contributed by atoms with E-state index in [1.165, 1.54) is 6.26 Å². The van der Waals surface area contributed by atoms with Crippen molar-refractivity contribution in [3.05, 3.63) is 12.8 Å². The van der Waals surface area contributed by atoms with Crippen LogP contribution in [0.25, 0.3) is 0 Å². The van der Waals surface area contributed by atoms with E-state index < -0.39 is 17.6 Å². The highest BCUT2D eigenvalue weighted by atomic mass is 28.4. The van der Waals surface area contributed by atoms with Crippen LogP contribution >= 0.6 is 0 Å². The van der Waals surface area contributed by atoms with Gasteiger partial charge in [0.15, 0.2) is 0 Å². The predicted octanol–water partition coefficient (Wildman–Crippen LogP) is 3.58. The van der Waals surface area contributed by atoms with Crippen LogP contribution in [0.15, 0.2) is 12.8 Å². The third kappa shape index (κ3) is 11.4. The molecule has 0 aliphatic rings. The smallest absolute Gasteiger partial charge is 0.508 e. The molecule has 1 N–H and O–H groups in total. The zero-order valence-corrected chi connectivity index (χ0v) is 20.0. The van der Waals surface area contributed by atoms with Crippen LogP contribution in [-0.4, -0.2) is 63.7 Å². The molecule has 7 nitrogen and oxygen atoms in total. The van der Waals surface area contributed by atoms with Gasteiger partial charge >= 0.3 is 17.6 Å². The van der Waals surface area contributed by atoms with Crippen LogP contribution in [0.2, 0.25) is 12.1 Å². The topological polar surface area (TPSA) is 67.4 Å². The molecule has 0 saturated carbocycles. The van der Waals surface area contributed by atoms with Crippen molar-refractivity contribution in [2.45, 2.75) is 59.5 Å². The number of nitrogens with one attached hydrogen (secondary N) is 1. The zero-order chi connectivity index (χ0) is 20.4. The standard InChI is InChI=1S/C18H41NO6Si2/c1-7-20-26(21-8-2,22-9-3)17-13-15-19-16-14-18-27(23-10-4,24-11-5)25-12-6/h7,19H,1,8-18H2,2-6H3. The molecule has 0 aromatic carbocycles. The Morgan fingerprint density at radius 1 is 0.667 bits per heavy atom. The molecule has 0 aromatic heterocycles. The molecule has 0 spiro atoms. The van der Waals surface area contributed by atoms with E-state index in [1.807, 2.05) is 34.6 Å². The van der Waals surface area contributed by atoms with Gasteiger partial charge in [-0.3, -0.25) is 0 Å². The first-order valence-corrected chi connectivity index (χ1v) is 14.1. The van der Waals surface area contributed by atoms with Gasteiger partial charge in [-0.1, -0.05) is 6.58 Å². The molecule has 0 bridgehead atoms. The molecule has 0 fully saturated rings. The number of hydrogen-bond acceptors (Lipinski definition) is 7. The van der Waals surface area contributed by atoms with E-state index in [0.717, 1.165) is 38.0 Å². The summed E-state index contributed by atoms with van der Waals surface area (Å²) in [5.41, 5.74) is 0. The minimum absolute atomic E-state index is 0.576. The SMILES string of the molecule is C=CO[Si](CCCNCCC[Si](OCC)(OCC)OCC)(OCC)OCC.